The van der Waals surface area contributed by atoms with Crippen molar-refractivity contribution in [3.63, 3.8) is 0 Å². The number of hydrogen-bond acceptors (Lipinski definition) is 3. The van der Waals surface area contributed by atoms with Gasteiger partial charge in [-0.05, 0) is 55.6 Å². The van der Waals surface area contributed by atoms with Crippen molar-refractivity contribution < 1.29 is 9.84 Å². The molecule has 0 bridgehead atoms. The molecule has 2 unspecified atom stereocenters. The lowest BCUT2D eigenvalue weighted by molar-refractivity contribution is 0.0378. The molecular formula is C17H27NO2. The van der Waals surface area contributed by atoms with Crippen LogP contribution in [0.5, 0.6) is 5.75 Å². The molecule has 3 nitrogen and oxygen atoms in total. The summed E-state index contributed by atoms with van der Waals surface area (Å²) in [5, 5.41) is 10.7. The van der Waals surface area contributed by atoms with Crippen molar-refractivity contribution in [1.29, 1.82) is 0 Å². The maximum atomic E-state index is 10.7. The molecule has 112 valence electrons. The summed E-state index contributed by atoms with van der Waals surface area (Å²) in [6.07, 6.45) is 4.08. The highest BCUT2D eigenvalue weighted by atomic mass is 16.5. The van der Waals surface area contributed by atoms with E-state index < -0.39 is 0 Å². The summed E-state index contributed by atoms with van der Waals surface area (Å²) in [4.78, 5) is 2.43. The van der Waals surface area contributed by atoms with Gasteiger partial charge in [-0.25, -0.2) is 0 Å². The van der Waals surface area contributed by atoms with Crippen molar-refractivity contribution in [3.05, 3.63) is 29.3 Å². The molecule has 1 aliphatic carbocycles. The molecule has 1 aliphatic rings. The number of aliphatic hydroxyl groups is 1. The van der Waals surface area contributed by atoms with E-state index in [1.807, 2.05) is 12.1 Å². The molecule has 0 saturated heterocycles. The molecule has 1 aromatic rings. The van der Waals surface area contributed by atoms with Crippen molar-refractivity contribution >= 4 is 0 Å². The molecular weight excluding hydrogens is 250 g/mol. The van der Waals surface area contributed by atoms with Crippen LogP contribution in [0.4, 0.5) is 0 Å². The van der Waals surface area contributed by atoms with E-state index in [9.17, 15) is 5.11 Å². The summed E-state index contributed by atoms with van der Waals surface area (Å²) in [7, 11) is 1.69. The number of benzene rings is 1. The minimum Gasteiger partial charge on any atom is -0.497 e. The van der Waals surface area contributed by atoms with E-state index in [-0.39, 0.29) is 12.1 Å². The molecule has 0 aromatic heterocycles. The van der Waals surface area contributed by atoms with Gasteiger partial charge in [-0.3, -0.25) is 4.90 Å². The van der Waals surface area contributed by atoms with Gasteiger partial charge in [0.2, 0.25) is 0 Å². The number of hydrogen-bond donors (Lipinski definition) is 1. The van der Waals surface area contributed by atoms with E-state index in [0.29, 0.717) is 0 Å². The number of aliphatic hydroxyl groups excluding tert-OH is 1. The van der Waals surface area contributed by atoms with Crippen LogP contribution in [0.3, 0.4) is 0 Å². The number of methoxy groups -OCH3 is 1. The van der Waals surface area contributed by atoms with Crippen molar-refractivity contribution in [2.24, 2.45) is 0 Å². The van der Waals surface area contributed by atoms with Gasteiger partial charge in [0.05, 0.1) is 13.2 Å². The molecule has 3 heteroatoms. The summed E-state index contributed by atoms with van der Waals surface area (Å²) < 4.78 is 5.27. The first kappa shape index (κ1) is 15.3. The molecule has 2 atom stereocenters. The average molecular weight is 277 g/mol. The standard InChI is InChI=1S/C17H27NO2/c1-4-6-11-18(5-2)16-10-7-13-12-14(20-3)8-9-15(13)17(16)19/h8-9,12,16-17,19H,4-7,10-11H2,1-3H3. The van der Waals surface area contributed by atoms with E-state index in [0.717, 1.165) is 37.2 Å². The Morgan fingerprint density at radius 3 is 2.80 bits per heavy atom. The maximum absolute atomic E-state index is 10.7. The average Bonchev–Trinajstić information content (AvgIpc) is 2.49. The lowest BCUT2D eigenvalue weighted by Crippen LogP contribution is -2.42. The smallest absolute Gasteiger partial charge is 0.119 e. The lowest BCUT2D eigenvalue weighted by atomic mass is 9.84. The number of ether oxygens (including phenoxy) is 1. The minimum atomic E-state index is -0.374. The third kappa shape index (κ3) is 3.15. The SMILES string of the molecule is CCCCN(CC)C1CCc2cc(OC)ccc2C1O. The van der Waals surface area contributed by atoms with Crippen molar-refractivity contribution in [2.75, 3.05) is 20.2 Å². The molecule has 20 heavy (non-hydrogen) atoms. The molecule has 0 aliphatic heterocycles. The van der Waals surface area contributed by atoms with E-state index in [1.165, 1.54) is 18.4 Å². The van der Waals surface area contributed by atoms with Gasteiger partial charge >= 0.3 is 0 Å². The molecule has 1 aromatic carbocycles. The zero-order chi connectivity index (χ0) is 14.5. The van der Waals surface area contributed by atoms with E-state index in [4.69, 9.17) is 4.74 Å². The molecule has 2 rings (SSSR count). The quantitative estimate of drug-likeness (QED) is 0.867. The Morgan fingerprint density at radius 1 is 1.35 bits per heavy atom. The fourth-order valence-electron chi connectivity index (χ4n) is 3.18. The predicted molar refractivity (Wildman–Crippen MR) is 82.2 cm³/mol. The largest absolute Gasteiger partial charge is 0.497 e. The summed E-state index contributed by atoms with van der Waals surface area (Å²) in [5.41, 5.74) is 2.32. The monoisotopic (exact) mass is 277 g/mol. The number of rotatable bonds is 6. The van der Waals surface area contributed by atoms with Gasteiger partial charge in [-0.1, -0.05) is 26.3 Å². The Hall–Kier alpha value is -1.06. The Kier molecular flexibility index (Phi) is 5.44. The summed E-state index contributed by atoms with van der Waals surface area (Å²) in [6, 6.07) is 6.30. The van der Waals surface area contributed by atoms with Gasteiger partial charge in [0.1, 0.15) is 5.75 Å². The Labute approximate surface area is 122 Å². The normalized spacial score (nSPS) is 21.9. The van der Waals surface area contributed by atoms with Gasteiger partial charge in [-0.2, -0.15) is 0 Å². The third-order valence-electron chi connectivity index (χ3n) is 4.42. The molecule has 0 saturated carbocycles. The zero-order valence-electron chi connectivity index (χ0n) is 12.9. The number of fused-ring (bicyclic) bond motifs is 1. The Bertz CT molecular complexity index is 433. The molecule has 0 fully saturated rings. The van der Waals surface area contributed by atoms with Crippen LogP contribution in [0.1, 0.15) is 50.3 Å². The first-order chi connectivity index (χ1) is 9.71. The number of likely N-dealkylation sites (N-methyl/N-ethyl adjacent to an activating group) is 1. The highest BCUT2D eigenvalue weighted by Gasteiger charge is 2.31. The molecule has 0 radical (unpaired) electrons. The highest BCUT2D eigenvalue weighted by molar-refractivity contribution is 5.39. The predicted octanol–water partition coefficient (Wildman–Crippen LogP) is 3.17. The fraction of sp³-hybridized carbons (Fsp3) is 0.647. The first-order valence-corrected chi connectivity index (χ1v) is 7.80. The van der Waals surface area contributed by atoms with Crippen LogP contribution in [-0.4, -0.2) is 36.2 Å². The van der Waals surface area contributed by atoms with E-state index >= 15 is 0 Å². The van der Waals surface area contributed by atoms with Crippen LogP contribution in [0.25, 0.3) is 0 Å². The number of aryl methyl sites for hydroxylation is 1. The maximum Gasteiger partial charge on any atom is 0.119 e. The second-order valence-electron chi connectivity index (χ2n) is 5.60. The molecule has 0 spiro atoms. The molecule has 0 heterocycles. The zero-order valence-corrected chi connectivity index (χ0v) is 12.9. The van der Waals surface area contributed by atoms with Gasteiger partial charge in [0.25, 0.3) is 0 Å². The molecule has 0 amide bonds. The van der Waals surface area contributed by atoms with Crippen LogP contribution in [0.15, 0.2) is 18.2 Å². The summed E-state index contributed by atoms with van der Waals surface area (Å²) in [6.45, 7) is 6.49. The topological polar surface area (TPSA) is 32.7 Å². The first-order valence-electron chi connectivity index (χ1n) is 7.80. The van der Waals surface area contributed by atoms with Crippen molar-refractivity contribution in [1.82, 2.24) is 4.90 Å². The third-order valence-corrected chi connectivity index (χ3v) is 4.42. The van der Waals surface area contributed by atoms with Gasteiger partial charge < -0.3 is 9.84 Å². The lowest BCUT2D eigenvalue weighted by Gasteiger charge is -2.38. The Morgan fingerprint density at radius 2 is 2.15 bits per heavy atom. The molecule has 1 N–H and O–H groups in total. The number of nitrogens with zero attached hydrogens (tertiary/aromatic N) is 1. The minimum absolute atomic E-state index is 0.257. The van der Waals surface area contributed by atoms with Crippen LogP contribution >= 0.6 is 0 Å². The summed E-state index contributed by atoms with van der Waals surface area (Å²) >= 11 is 0. The fourth-order valence-corrected chi connectivity index (χ4v) is 3.18. The van der Waals surface area contributed by atoms with Crippen LogP contribution in [-0.2, 0) is 6.42 Å². The van der Waals surface area contributed by atoms with E-state index in [2.05, 4.69) is 24.8 Å². The highest BCUT2D eigenvalue weighted by Crippen LogP contribution is 2.34. The Balaban J connectivity index is 2.15. The number of unbranched alkanes of at least 4 members (excludes halogenated alkanes) is 1. The van der Waals surface area contributed by atoms with Crippen LogP contribution in [0, 0.1) is 0 Å². The van der Waals surface area contributed by atoms with Gasteiger partial charge in [0, 0.05) is 6.04 Å². The van der Waals surface area contributed by atoms with Crippen LogP contribution < -0.4 is 4.74 Å². The second-order valence-corrected chi connectivity index (χ2v) is 5.60. The second kappa shape index (κ2) is 7.09. The van der Waals surface area contributed by atoms with Crippen molar-refractivity contribution in [2.45, 2.75) is 51.7 Å². The van der Waals surface area contributed by atoms with Crippen LogP contribution in [0.2, 0.25) is 0 Å². The van der Waals surface area contributed by atoms with Gasteiger partial charge in [-0.15, -0.1) is 0 Å². The van der Waals surface area contributed by atoms with Crippen molar-refractivity contribution in [3.8, 4) is 5.75 Å². The van der Waals surface area contributed by atoms with Gasteiger partial charge in [0.15, 0.2) is 0 Å². The van der Waals surface area contributed by atoms with E-state index in [1.54, 1.807) is 7.11 Å². The summed E-state index contributed by atoms with van der Waals surface area (Å²) in [5.74, 6) is 0.882.